The quantitative estimate of drug-likeness (QED) is 0.389. The number of rotatable bonds is 4. The lowest BCUT2D eigenvalue weighted by Gasteiger charge is -2.06. The summed E-state index contributed by atoms with van der Waals surface area (Å²) in [7, 11) is 0. The van der Waals surface area contributed by atoms with Crippen LogP contribution in [0.1, 0.15) is 18.1 Å². The number of thioether (sulfide) groups is 1. The first-order valence-electron chi connectivity index (χ1n) is 7.72. The van der Waals surface area contributed by atoms with Gasteiger partial charge in [0.05, 0.1) is 5.71 Å². The molecule has 0 spiro atoms. The Morgan fingerprint density at radius 1 is 0.958 bits per heavy atom. The zero-order chi connectivity index (χ0) is 16.8. The molecule has 3 aromatic carbocycles. The molecule has 1 N–H and O–H groups in total. The second-order valence-electron chi connectivity index (χ2n) is 5.43. The molecular weight excluding hydrogens is 332 g/mol. The molecule has 0 radical (unpaired) electrons. The summed E-state index contributed by atoms with van der Waals surface area (Å²) in [6.45, 7) is 1.99. The van der Waals surface area contributed by atoms with Crippen molar-refractivity contribution in [2.45, 2.75) is 12.7 Å². The van der Waals surface area contributed by atoms with Gasteiger partial charge >= 0.3 is 0 Å². The fourth-order valence-electron chi connectivity index (χ4n) is 2.36. The highest BCUT2D eigenvalue weighted by atomic mass is 32.2. The van der Waals surface area contributed by atoms with Gasteiger partial charge in [-0.3, -0.25) is 5.43 Å². The van der Waals surface area contributed by atoms with E-state index in [1.165, 1.54) is 16.3 Å². The minimum atomic E-state index is 0.680. The number of hydrogen-bond acceptors (Lipinski definition) is 3. The Balaban J connectivity index is 1.61. The molecule has 0 aliphatic carbocycles. The molecule has 3 aromatic rings. The van der Waals surface area contributed by atoms with Crippen molar-refractivity contribution in [1.29, 1.82) is 0 Å². The molecule has 3 rings (SSSR count). The van der Waals surface area contributed by atoms with Gasteiger partial charge < -0.3 is 0 Å². The van der Waals surface area contributed by atoms with Gasteiger partial charge in [0.25, 0.3) is 0 Å². The lowest BCUT2D eigenvalue weighted by atomic mass is 10.0. The largest absolute Gasteiger partial charge is 0.262 e. The summed E-state index contributed by atoms with van der Waals surface area (Å²) in [6.07, 6.45) is 0. The first-order valence-corrected chi connectivity index (χ1v) is 9.12. The van der Waals surface area contributed by atoms with Crippen LogP contribution >= 0.6 is 24.0 Å². The first-order chi connectivity index (χ1) is 11.7. The summed E-state index contributed by atoms with van der Waals surface area (Å²) < 4.78 is 0.680. The van der Waals surface area contributed by atoms with Gasteiger partial charge in [-0.05, 0) is 34.9 Å². The molecule has 0 aliphatic rings. The fourth-order valence-corrected chi connectivity index (χ4v) is 3.19. The Morgan fingerprint density at radius 3 is 2.46 bits per heavy atom. The molecule has 0 bridgehead atoms. The number of nitrogens with zero attached hydrogens (tertiary/aromatic N) is 1. The van der Waals surface area contributed by atoms with Crippen LogP contribution in [0.5, 0.6) is 0 Å². The van der Waals surface area contributed by atoms with Crippen LogP contribution in [0.3, 0.4) is 0 Å². The van der Waals surface area contributed by atoms with E-state index in [1.54, 1.807) is 11.8 Å². The Morgan fingerprint density at radius 2 is 1.67 bits per heavy atom. The zero-order valence-corrected chi connectivity index (χ0v) is 15.0. The predicted molar refractivity (Wildman–Crippen MR) is 110 cm³/mol. The maximum Gasteiger partial charge on any atom is 0.154 e. The molecule has 4 heteroatoms. The van der Waals surface area contributed by atoms with E-state index in [0.717, 1.165) is 17.0 Å². The molecular formula is C20H18N2S2. The van der Waals surface area contributed by atoms with Crippen LogP contribution in [-0.2, 0) is 5.75 Å². The second-order valence-corrected chi connectivity index (χ2v) is 7.08. The molecule has 0 unspecified atom stereocenters. The third kappa shape index (κ3) is 4.43. The minimum absolute atomic E-state index is 0.680. The Kier molecular flexibility index (Phi) is 5.62. The highest BCUT2D eigenvalue weighted by Gasteiger charge is 2.01. The number of hydrogen-bond donors (Lipinski definition) is 1. The maximum absolute atomic E-state index is 5.34. The zero-order valence-electron chi connectivity index (χ0n) is 13.4. The third-order valence-electron chi connectivity index (χ3n) is 3.69. The van der Waals surface area contributed by atoms with E-state index in [0.29, 0.717) is 4.32 Å². The van der Waals surface area contributed by atoms with Crippen molar-refractivity contribution in [1.82, 2.24) is 5.43 Å². The van der Waals surface area contributed by atoms with E-state index in [1.807, 2.05) is 37.3 Å². The summed E-state index contributed by atoms with van der Waals surface area (Å²) in [5, 5.41) is 6.86. The lowest BCUT2D eigenvalue weighted by Crippen LogP contribution is -2.14. The molecule has 0 amide bonds. The average molecular weight is 351 g/mol. The van der Waals surface area contributed by atoms with E-state index in [2.05, 4.69) is 53.0 Å². The van der Waals surface area contributed by atoms with E-state index < -0.39 is 0 Å². The fraction of sp³-hybridized carbons (Fsp3) is 0.100. The van der Waals surface area contributed by atoms with Gasteiger partial charge in [0, 0.05) is 5.75 Å². The van der Waals surface area contributed by atoms with Crippen LogP contribution in [0.15, 0.2) is 77.9 Å². The second kappa shape index (κ2) is 8.08. The van der Waals surface area contributed by atoms with Crippen LogP contribution in [0.25, 0.3) is 10.8 Å². The van der Waals surface area contributed by atoms with Gasteiger partial charge in [-0.25, -0.2) is 0 Å². The monoisotopic (exact) mass is 350 g/mol. The van der Waals surface area contributed by atoms with Crippen molar-refractivity contribution < 1.29 is 0 Å². The first kappa shape index (κ1) is 16.7. The molecule has 0 saturated carbocycles. The van der Waals surface area contributed by atoms with Crippen molar-refractivity contribution in [3.63, 3.8) is 0 Å². The van der Waals surface area contributed by atoms with Crippen molar-refractivity contribution in [2.24, 2.45) is 5.10 Å². The summed E-state index contributed by atoms with van der Waals surface area (Å²) in [5.74, 6) is 0.844. The third-order valence-corrected chi connectivity index (χ3v) is 4.97. The van der Waals surface area contributed by atoms with Gasteiger partial charge in [0.15, 0.2) is 4.32 Å². The van der Waals surface area contributed by atoms with Crippen molar-refractivity contribution in [3.05, 3.63) is 83.9 Å². The summed E-state index contributed by atoms with van der Waals surface area (Å²) in [6, 6.07) is 25.0. The standard InChI is InChI=1S/C20H18N2S2/c1-15(18-12-11-17-9-5-6-10-19(17)13-18)21-22-20(23)24-14-16-7-3-2-4-8-16/h2-13H,14H2,1H3,(H,22,23)/b21-15+. The van der Waals surface area contributed by atoms with Gasteiger partial charge in [0.1, 0.15) is 0 Å². The molecule has 0 saturated heterocycles. The molecule has 2 nitrogen and oxygen atoms in total. The number of fused-ring (bicyclic) bond motifs is 1. The molecule has 0 fully saturated rings. The van der Waals surface area contributed by atoms with Gasteiger partial charge in [0.2, 0.25) is 0 Å². The Hall–Kier alpha value is -2.17. The van der Waals surface area contributed by atoms with Crippen LogP contribution in [-0.4, -0.2) is 10.0 Å². The predicted octanol–water partition coefficient (Wildman–Crippen LogP) is 5.37. The van der Waals surface area contributed by atoms with Crippen LogP contribution in [0.4, 0.5) is 0 Å². The van der Waals surface area contributed by atoms with Crippen molar-refractivity contribution >= 4 is 44.8 Å². The highest BCUT2D eigenvalue weighted by Crippen LogP contribution is 2.16. The minimum Gasteiger partial charge on any atom is -0.262 e. The Labute approximate surface area is 152 Å². The van der Waals surface area contributed by atoms with Gasteiger partial charge in [-0.1, -0.05) is 90.7 Å². The SMILES string of the molecule is C/C(=N\NC(=S)SCc1ccccc1)c1ccc2ccccc2c1. The molecule has 0 heterocycles. The molecule has 120 valence electrons. The maximum atomic E-state index is 5.34. The van der Waals surface area contributed by atoms with Crippen LogP contribution in [0.2, 0.25) is 0 Å². The van der Waals surface area contributed by atoms with Gasteiger partial charge in [-0.15, -0.1) is 0 Å². The van der Waals surface area contributed by atoms with E-state index in [9.17, 15) is 0 Å². The summed E-state index contributed by atoms with van der Waals surface area (Å²) in [5.41, 5.74) is 6.25. The normalized spacial score (nSPS) is 11.5. The van der Waals surface area contributed by atoms with Crippen LogP contribution in [0, 0.1) is 0 Å². The summed E-state index contributed by atoms with van der Waals surface area (Å²) >= 11 is 6.93. The van der Waals surface area contributed by atoms with Crippen molar-refractivity contribution in [3.8, 4) is 0 Å². The lowest BCUT2D eigenvalue weighted by molar-refractivity contribution is 1.06. The molecule has 0 aliphatic heterocycles. The average Bonchev–Trinajstić information content (AvgIpc) is 2.65. The number of benzene rings is 3. The number of nitrogens with one attached hydrogen (secondary N) is 1. The van der Waals surface area contributed by atoms with E-state index >= 15 is 0 Å². The highest BCUT2D eigenvalue weighted by molar-refractivity contribution is 8.22. The van der Waals surface area contributed by atoms with E-state index in [4.69, 9.17) is 12.2 Å². The van der Waals surface area contributed by atoms with Crippen LogP contribution < -0.4 is 5.43 Å². The smallest absolute Gasteiger partial charge is 0.154 e. The number of hydrazone groups is 1. The number of thiocarbonyl (C=S) groups is 1. The topological polar surface area (TPSA) is 24.4 Å². The van der Waals surface area contributed by atoms with E-state index in [-0.39, 0.29) is 0 Å². The summed E-state index contributed by atoms with van der Waals surface area (Å²) in [4.78, 5) is 0. The molecule has 0 atom stereocenters. The molecule has 0 aromatic heterocycles. The Bertz CT molecular complexity index is 873. The molecule has 24 heavy (non-hydrogen) atoms. The van der Waals surface area contributed by atoms with Gasteiger partial charge in [-0.2, -0.15) is 5.10 Å². The van der Waals surface area contributed by atoms with Crippen molar-refractivity contribution in [2.75, 3.05) is 0 Å².